The van der Waals surface area contributed by atoms with Crippen LogP contribution in [0.3, 0.4) is 0 Å². The predicted molar refractivity (Wildman–Crippen MR) is 83.2 cm³/mol. The Hall–Kier alpha value is -1.60. The Morgan fingerprint density at radius 1 is 0.947 bits per heavy atom. The van der Waals surface area contributed by atoms with E-state index >= 15 is 0 Å². The van der Waals surface area contributed by atoms with Crippen LogP contribution in [0.4, 0.5) is 0 Å². The third-order valence-electron chi connectivity index (χ3n) is 3.93. The highest BCUT2D eigenvalue weighted by Crippen LogP contribution is 2.20. The van der Waals surface area contributed by atoms with Crippen LogP contribution in [0.5, 0.6) is 0 Å². The molecule has 0 radical (unpaired) electrons. The van der Waals surface area contributed by atoms with E-state index in [4.69, 9.17) is 0 Å². The van der Waals surface area contributed by atoms with Crippen molar-refractivity contribution in [3.63, 3.8) is 0 Å². The van der Waals surface area contributed by atoms with Crippen molar-refractivity contribution in [2.45, 2.75) is 31.7 Å². The van der Waals surface area contributed by atoms with E-state index in [1.54, 1.807) is 0 Å². The van der Waals surface area contributed by atoms with Crippen LogP contribution in [0.15, 0.2) is 48.5 Å². The van der Waals surface area contributed by atoms with Crippen LogP contribution in [0.1, 0.15) is 31.2 Å². The molecule has 0 saturated carbocycles. The van der Waals surface area contributed by atoms with Crippen LogP contribution in [-0.2, 0) is 0 Å². The molecule has 1 aliphatic heterocycles. The molecule has 1 heterocycles. The maximum atomic E-state index is 3.61. The van der Waals surface area contributed by atoms with Gasteiger partial charge in [-0.3, -0.25) is 0 Å². The van der Waals surface area contributed by atoms with Crippen molar-refractivity contribution in [1.82, 2.24) is 5.32 Å². The zero-order valence-electron chi connectivity index (χ0n) is 11.3. The molecule has 2 aromatic rings. The maximum absolute atomic E-state index is 3.61. The average Bonchev–Trinajstić information content (AvgIpc) is 2.74. The SMILES string of the molecule is C(=C\C1CCCCCN1)/c1cccc2ccccc12. The van der Waals surface area contributed by atoms with Gasteiger partial charge in [0, 0.05) is 6.04 Å². The van der Waals surface area contributed by atoms with E-state index in [-0.39, 0.29) is 0 Å². The van der Waals surface area contributed by atoms with Gasteiger partial charge in [0.25, 0.3) is 0 Å². The van der Waals surface area contributed by atoms with Gasteiger partial charge in [-0.2, -0.15) is 0 Å². The molecule has 0 bridgehead atoms. The normalized spacial score (nSPS) is 20.7. The molecule has 1 N–H and O–H groups in total. The summed E-state index contributed by atoms with van der Waals surface area (Å²) in [7, 11) is 0. The Bertz CT molecular complexity index is 557. The van der Waals surface area contributed by atoms with Crippen molar-refractivity contribution in [2.75, 3.05) is 6.54 Å². The topological polar surface area (TPSA) is 12.0 Å². The minimum absolute atomic E-state index is 0.543. The Morgan fingerprint density at radius 3 is 2.84 bits per heavy atom. The molecule has 2 aromatic carbocycles. The smallest absolute Gasteiger partial charge is 0.0253 e. The van der Waals surface area contributed by atoms with Gasteiger partial charge >= 0.3 is 0 Å². The van der Waals surface area contributed by atoms with Gasteiger partial charge in [0.2, 0.25) is 0 Å². The van der Waals surface area contributed by atoms with E-state index < -0.39 is 0 Å². The van der Waals surface area contributed by atoms with Crippen LogP contribution in [0, 0.1) is 0 Å². The summed E-state index contributed by atoms with van der Waals surface area (Å²) in [5.74, 6) is 0. The molecule has 3 rings (SSSR count). The summed E-state index contributed by atoms with van der Waals surface area (Å²) in [5.41, 5.74) is 1.32. The largest absolute Gasteiger partial charge is 0.311 e. The molecule has 0 aliphatic carbocycles. The summed E-state index contributed by atoms with van der Waals surface area (Å²) in [6.45, 7) is 1.16. The minimum atomic E-state index is 0.543. The molecular formula is C18H21N. The standard InChI is InChI=1S/C18H21N/c1-2-10-17(19-14-5-1)13-12-16-9-6-8-15-7-3-4-11-18(15)16/h3-4,6-9,11-13,17,19H,1-2,5,10,14H2/b13-12+. The molecular weight excluding hydrogens is 230 g/mol. The molecule has 1 atom stereocenters. The second kappa shape index (κ2) is 6.03. The molecule has 0 spiro atoms. The van der Waals surface area contributed by atoms with E-state index in [0.29, 0.717) is 6.04 Å². The van der Waals surface area contributed by atoms with Crippen LogP contribution < -0.4 is 5.32 Å². The van der Waals surface area contributed by atoms with Gasteiger partial charge in [0.05, 0.1) is 0 Å². The highest BCUT2D eigenvalue weighted by Gasteiger charge is 2.07. The van der Waals surface area contributed by atoms with Crippen molar-refractivity contribution >= 4 is 16.8 Å². The summed E-state index contributed by atoms with van der Waals surface area (Å²) >= 11 is 0. The second-order valence-corrected chi connectivity index (χ2v) is 5.34. The highest BCUT2D eigenvalue weighted by atomic mass is 14.9. The Kier molecular flexibility index (Phi) is 3.95. The zero-order chi connectivity index (χ0) is 12.9. The third-order valence-corrected chi connectivity index (χ3v) is 3.93. The average molecular weight is 251 g/mol. The molecule has 1 unspecified atom stereocenters. The van der Waals surface area contributed by atoms with Gasteiger partial charge in [-0.25, -0.2) is 0 Å². The van der Waals surface area contributed by atoms with Gasteiger partial charge < -0.3 is 5.32 Å². The fraction of sp³-hybridized carbons (Fsp3) is 0.333. The van der Waals surface area contributed by atoms with E-state index in [2.05, 4.69) is 59.9 Å². The van der Waals surface area contributed by atoms with Crippen molar-refractivity contribution in [2.24, 2.45) is 0 Å². The van der Waals surface area contributed by atoms with Crippen LogP contribution in [0.2, 0.25) is 0 Å². The fourth-order valence-corrected chi connectivity index (χ4v) is 2.84. The number of hydrogen-bond donors (Lipinski definition) is 1. The Balaban J connectivity index is 1.84. The van der Waals surface area contributed by atoms with Crippen molar-refractivity contribution < 1.29 is 0 Å². The highest BCUT2D eigenvalue weighted by molar-refractivity contribution is 5.90. The predicted octanol–water partition coefficient (Wildman–Crippen LogP) is 4.39. The quantitative estimate of drug-likeness (QED) is 0.835. The first-order valence-electron chi connectivity index (χ1n) is 7.33. The summed E-state index contributed by atoms with van der Waals surface area (Å²) in [6, 6.07) is 15.7. The zero-order valence-corrected chi connectivity index (χ0v) is 11.3. The number of fused-ring (bicyclic) bond motifs is 1. The molecule has 1 nitrogen and oxygen atoms in total. The maximum Gasteiger partial charge on any atom is 0.0253 e. The lowest BCUT2D eigenvalue weighted by atomic mass is 10.0. The van der Waals surface area contributed by atoms with Crippen LogP contribution >= 0.6 is 0 Å². The molecule has 1 fully saturated rings. The molecule has 0 aromatic heterocycles. The van der Waals surface area contributed by atoms with E-state index in [1.165, 1.54) is 42.0 Å². The minimum Gasteiger partial charge on any atom is -0.311 e. The first-order valence-corrected chi connectivity index (χ1v) is 7.33. The Morgan fingerprint density at radius 2 is 1.84 bits per heavy atom. The van der Waals surface area contributed by atoms with Crippen molar-refractivity contribution in [3.8, 4) is 0 Å². The first kappa shape index (κ1) is 12.4. The van der Waals surface area contributed by atoms with Crippen LogP contribution in [0.25, 0.3) is 16.8 Å². The van der Waals surface area contributed by atoms with Gasteiger partial charge in [-0.05, 0) is 35.7 Å². The molecule has 1 saturated heterocycles. The lowest BCUT2D eigenvalue weighted by Gasteiger charge is -2.10. The van der Waals surface area contributed by atoms with Gasteiger partial charge in [-0.15, -0.1) is 0 Å². The number of benzene rings is 2. The Labute approximate surface area is 115 Å². The van der Waals surface area contributed by atoms with Gasteiger partial charge in [-0.1, -0.05) is 67.5 Å². The van der Waals surface area contributed by atoms with Gasteiger partial charge in [0.1, 0.15) is 0 Å². The lowest BCUT2D eigenvalue weighted by Crippen LogP contribution is -2.25. The first-order chi connectivity index (χ1) is 9.43. The number of hydrogen-bond acceptors (Lipinski definition) is 1. The van der Waals surface area contributed by atoms with E-state index in [9.17, 15) is 0 Å². The number of nitrogens with one attached hydrogen (secondary N) is 1. The van der Waals surface area contributed by atoms with E-state index in [1.807, 2.05) is 0 Å². The molecule has 0 amide bonds. The molecule has 1 aliphatic rings. The summed E-state index contributed by atoms with van der Waals surface area (Å²) in [6.07, 6.45) is 9.92. The van der Waals surface area contributed by atoms with Crippen molar-refractivity contribution in [1.29, 1.82) is 0 Å². The molecule has 1 heteroatoms. The lowest BCUT2D eigenvalue weighted by molar-refractivity contribution is 0.599. The summed E-state index contributed by atoms with van der Waals surface area (Å²) in [4.78, 5) is 0. The molecule has 98 valence electrons. The second-order valence-electron chi connectivity index (χ2n) is 5.34. The third kappa shape index (κ3) is 3.05. The van der Waals surface area contributed by atoms with Crippen molar-refractivity contribution in [3.05, 3.63) is 54.1 Å². The molecule has 19 heavy (non-hydrogen) atoms. The van der Waals surface area contributed by atoms with E-state index in [0.717, 1.165) is 6.54 Å². The number of rotatable bonds is 2. The monoisotopic (exact) mass is 251 g/mol. The van der Waals surface area contributed by atoms with Crippen LogP contribution in [-0.4, -0.2) is 12.6 Å². The summed E-state index contributed by atoms with van der Waals surface area (Å²) < 4.78 is 0. The van der Waals surface area contributed by atoms with Gasteiger partial charge in [0.15, 0.2) is 0 Å². The summed E-state index contributed by atoms with van der Waals surface area (Å²) in [5, 5.41) is 6.27. The fourth-order valence-electron chi connectivity index (χ4n) is 2.84.